The number of thiocarbonyl (C=S) groups is 1. The predicted molar refractivity (Wildman–Crippen MR) is 139 cm³/mol. The number of nitrogens with zero attached hydrogens (tertiary/aromatic N) is 1. The smallest absolute Gasteiger partial charge is 0.136 e. The van der Waals surface area contributed by atoms with Crippen molar-refractivity contribution in [2.24, 2.45) is 5.92 Å². The minimum atomic E-state index is -0.682. The summed E-state index contributed by atoms with van der Waals surface area (Å²) >= 11 is 7.22. The van der Waals surface area contributed by atoms with Crippen LogP contribution in [0, 0.1) is 5.92 Å². The van der Waals surface area contributed by atoms with Gasteiger partial charge in [0, 0.05) is 18.8 Å². The molecule has 180 valence electrons. The van der Waals surface area contributed by atoms with Crippen LogP contribution in [0.1, 0.15) is 117 Å². The fraction of sp³-hybridized carbons (Fsp3) is 0.960. The third kappa shape index (κ3) is 17.8. The van der Waals surface area contributed by atoms with E-state index < -0.39 is 6.10 Å². The lowest BCUT2D eigenvalue weighted by atomic mass is 9.99. The summed E-state index contributed by atoms with van der Waals surface area (Å²) in [5, 5.41) is 18.7. The lowest BCUT2D eigenvalue weighted by molar-refractivity contribution is 0.113. The molecule has 0 fully saturated rings. The normalized spacial score (nSPS) is 13.4. The second kappa shape index (κ2) is 22.4. The van der Waals surface area contributed by atoms with Crippen molar-refractivity contribution in [1.82, 2.24) is 4.90 Å². The van der Waals surface area contributed by atoms with Crippen LogP contribution in [0.4, 0.5) is 0 Å². The zero-order chi connectivity index (χ0) is 22.5. The maximum absolute atomic E-state index is 9.66. The van der Waals surface area contributed by atoms with Gasteiger partial charge in [-0.25, -0.2) is 0 Å². The number of hydrogen-bond acceptors (Lipinski definition) is 4. The minimum Gasteiger partial charge on any atom is -0.394 e. The highest BCUT2D eigenvalue weighted by Gasteiger charge is 2.16. The highest BCUT2D eigenvalue weighted by atomic mass is 32.2. The second-order valence-corrected chi connectivity index (χ2v) is 10.5. The summed E-state index contributed by atoms with van der Waals surface area (Å²) in [5.74, 6) is 1.18. The SMILES string of the molecule is CCCCCCCCCCCCCN(CC(CC)CCCC)C(=S)SCC(O)CO. The monoisotopic (exact) mass is 461 g/mol. The lowest BCUT2D eigenvalue weighted by Crippen LogP contribution is -2.34. The Morgan fingerprint density at radius 2 is 1.37 bits per heavy atom. The molecule has 0 aromatic rings. The first kappa shape index (κ1) is 30.2. The van der Waals surface area contributed by atoms with Crippen LogP contribution in [0.2, 0.25) is 0 Å². The fourth-order valence-corrected chi connectivity index (χ4v) is 4.92. The Morgan fingerprint density at radius 3 is 1.87 bits per heavy atom. The molecule has 0 aliphatic heterocycles. The van der Waals surface area contributed by atoms with Gasteiger partial charge in [0.25, 0.3) is 0 Å². The Hall–Kier alpha value is 0.160. The third-order valence-electron chi connectivity index (χ3n) is 5.92. The van der Waals surface area contributed by atoms with Gasteiger partial charge in [0.05, 0.1) is 12.7 Å². The zero-order valence-electron chi connectivity index (χ0n) is 20.2. The van der Waals surface area contributed by atoms with Gasteiger partial charge >= 0.3 is 0 Å². The van der Waals surface area contributed by atoms with Crippen molar-refractivity contribution in [3.8, 4) is 0 Å². The molecule has 0 aliphatic rings. The standard InChI is InChI=1S/C25H51NO2S2/c1-4-7-9-10-11-12-13-14-15-16-17-19-26(20-23(6-3)18-8-5-2)25(29)30-22-24(28)21-27/h23-24,27-28H,4-22H2,1-3H3. The molecule has 0 aromatic carbocycles. The summed E-state index contributed by atoms with van der Waals surface area (Å²) in [7, 11) is 0. The molecule has 0 aromatic heterocycles. The molecule has 0 saturated heterocycles. The van der Waals surface area contributed by atoms with Crippen LogP contribution < -0.4 is 0 Å². The molecule has 0 spiro atoms. The van der Waals surface area contributed by atoms with Crippen LogP contribution in [0.25, 0.3) is 0 Å². The number of aliphatic hydroxyl groups is 2. The van der Waals surface area contributed by atoms with Gasteiger partial charge < -0.3 is 15.1 Å². The summed E-state index contributed by atoms with van der Waals surface area (Å²) in [6.07, 6.45) is 19.3. The third-order valence-corrected chi connectivity index (χ3v) is 7.59. The summed E-state index contributed by atoms with van der Waals surface area (Å²) < 4.78 is 0.893. The molecule has 0 radical (unpaired) electrons. The molecule has 0 saturated carbocycles. The van der Waals surface area contributed by atoms with Crippen molar-refractivity contribution in [3.63, 3.8) is 0 Å². The molecule has 0 aliphatic carbocycles. The van der Waals surface area contributed by atoms with E-state index in [4.69, 9.17) is 17.3 Å². The molecule has 30 heavy (non-hydrogen) atoms. The van der Waals surface area contributed by atoms with E-state index in [1.807, 2.05) is 0 Å². The average Bonchev–Trinajstić information content (AvgIpc) is 2.76. The van der Waals surface area contributed by atoms with Gasteiger partial charge in [0.1, 0.15) is 4.32 Å². The quantitative estimate of drug-likeness (QED) is 0.140. The molecule has 2 atom stereocenters. The summed E-state index contributed by atoms with van der Waals surface area (Å²) in [5.41, 5.74) is 0. The van der Waals surface area contributed by atoms with E-state index in [1.165, 1.54) is 108 Å². The van der Waals surface area contributed by atoms with Crippen molar-refractivity contribution in [3.05, 3.63) is 0 Å². The number of unbranched alkanes of at least 4 members (excludes halogenated alkanes) is 11. The number of aliphatic hydroxyl groups excluding tert-OH is 2. The van der Waals surface area contributed by atoms with Gasteiger partial charge in [0.2, 0.25) is 0 Å². The Bertz CT molecular complexity index is 382. The van der Waals surface area contributed by atoms with Gasteiger partial charge in [-0.15, -0.1) is 0 Å². The zero-order valence-corrected chi connectivity index (χ0v) is 21.9. The first-order valence-electron chi connectivity index (χ1n) is 12.8. The van der Waals surface area contributed by atoms with Crippen LogP contribution >= 0.6 is 24.0 Å². The highest BCUT2D eigenvalue weighted by Crippen LogP contribution is 2.20. The van der Waals surface area contributed by atoms with Crippen LogP contribution in [0.5, 0.6) is 0 Å². The van der Waals surface area contributed by atoms with Gasteiger partial charge in [-0.1, -0.05) is 128 Å². The molecule has 5 heteroatoms. The number of rotatable bonds is 21. The molecule has 2 N–H and O–H groups in total. The summed E-state index contributed by atoms with van der Waals surface area (Å²) in [4.78, 5) is 2.38. The maximum atomic E-state index is 9.66. The molecule has 0 heterocycles. The second-order valence-electron chi connectivity index (χ2n) is 8.81. The summed E-state index contributed by atoms with van der Waals surface area (Å²) in [6, 6.07) is 0. The van der Waals surface area contributed by atoms with E-state index in [2.05, 4.69) is 25.7 Å². The molecule has 0 rings (SSSR count). The van der Waals surface area contributed by atoms with Gasteiger partial charge in [-0.05, 0) is 18.8 Å². The minimum absolute atomic E-state index is 0.192. The largest absolute Gasteiger partial charge is 0.394 e. The van der Waals surface area contributed by atoms with Crippen LogP contribution in [0.15, 0.2) is 0 Å². The Kier molecular flexibility index (Phi) is 22.5. The van der Waals surface area contributed by atoms with Crippen LogP contribution in [-0.4, -0.2) is 51.0 Å². The van der Waals surface area contributed by atoms with Gasteiger partial charge in [-0.2, -0.15) is 0 Å². The fourth-order valence-electron chi connectivity index (χ4n) is 3.76. The molecule has 0 amide bonds. The highest BCUT2D eigenvalue weighted by molar-refractivity contribution is 8.22. The maximum Gasteiger partial charge on any atom is 0.136 e. The van der Waals surface area contributed by atoms with E-state index in [-0.39, 0.29) is 6.61 Å². The van der Waals surface area contributed by atoms with Crippen molar-refractivity contribution in [2.75, 3.05) is 25.4 Å². The average molecular weight is 462 g/mol. The molecule has 0 bridgehead atoms. The first-order chi connectivity index (χ1) is 14.6. The Balaban J connectivity index is 4.18. The van der Waals surface area contributed by atoms with Crippen molar-refractivity contribution < 1.29 is 10.2 Å². The van der Waals surface area contributed by atoms with Crippen LogP contribution in [0.3, 0.4) is 0 Å². The first-order valence-corrected chi connectivity index (χ1v) is 14.2. The van der Waals surface area contributed by atoms with E-state index >= 15 is 0 Å². The van der Waals surface area contributed by atoms with E-state index in [1.54, 1.807) is 0 Å². The van der Waals surface area contributed by atoms with Gasteiger partial charge in [-0.3, -0.25) is 0 Å². The Morgan fingerprint density at radius 1 is 0.833 bits per heavy atom. The summed E-state index contributed by atoms with van der Waals surface area (Å²) in [6.45, 7) is 8.69. The van der Waals surface area contributed by atoms with E-state index in [0.29, 0.717) is 11.7 Å². The lowest BCUT2D eigenvalue weighted by Gasteiger charge is -2.29. The van der Waals surface area contributed by atoms with E-state index in [0.717, 1.165) is 17.4 Å². The Labute approximate surface area is 197 Å². The van der Waals surface area contributed by atoms with Crippen molar-refractivity contribution >= 4 is 28.3 Å². The van der Waals surface area contributed by atoms with E-state index in [9.17, 15) is 5.11 Å². The molecular weight excluding hydrogens is 410 g/mol. The predicted octanol–water partition coefficient (Wildman–Crippen LogP) is 7.19. The number of hydrogen-bond donors (Lipinski definition) is 2. The molecule has 3 nitrogen and oxygen atoms in total. The van der Waals surface area contributed by atoms with Crippen LogP contribution in [-0.2, 0) is 0 Å². The molecule has 2 unspecified atom stereocenters. The topological polar surface area (TPSA) is 43.7 Å². The number of thioether (sulfide) groups is 1. The van der Waals surface area contributed by atoms with Crippen molar-refractivity contribution in [2.45, 2.75) is 123 Å². The van der Waals surface area contributed by atoms with Gasteiger partial charge in [0.15, 0.2) is 0 Å². The van der Waals surface area contributed by atoms with Crippen molar-refractivity contribution in [1.29, 1.82) is 0 Å². The molecular formula is C25H51NO2S2.